The van der Waals surface area contributed by atoms with Crippen molar-refractivity contribution in [2.75, 3.05) is 5.32 Å². The standard InChI is InChI=1S/C17H12Cl2N4O/c18-10-3-4-12(14(19)6-10)13-7-15(24)22-17-16(13)21-9-23(17)11-2-1-5-20-8-11/h1-6,8-9,13H,7H2,(H,22,24)/t13-/m1/s1. The van der Waals surface area contributed by atoms with Gasteiger partial charge >= 0.3 is 0 Å². The van der Waals surface area contributed by atoms with Crippen molar-refractivity contribution in [3.63, 3.8) is 0 Å². The zero-order valence-electron chi connectivity index (χ0n) is 12.4. The van der Waals surface area contributed by atoms with Crippen LogP contribution in [0.3, 0.4) is 0 Å². The van der Waals surface area contributed by atoms with Gasteiger partial charge in [-0.2, -0.15) is 0 Å². The monoisotopic (exact) mass is 358 g/mol. The second-order valence-corrected chi connectivity index (χ2v) is 6.37. The maximum atomic E-state index is 12.2. The molecule has 0 saturated carbocycles. The Morgan fingerprint density at radius 2 is 2.12 bits per heavy atom. The van der Waals surface area contributed by atoms with Crippen LogP contribution in [0.1, 0.15) is 23.6 Å². The summed E-state index contributed by atoms with van der Waals surface area (Å²) in [6, 6.07) is 9.04. The Balaban J connectivity index is 1.84. The fourth-order valence-corrected chi connectivity index (χ4v) is 3.48. The zero-order valence-corrected chi connectivity index (χ0v) is 13.9. The number of anilines is 1. The van der Waals surface area contributed by atoms with Crippen molar-refractivity contribution in [3.8, 4) is 5.69 Å². The van der Waals surface area contributed by atoms with Crippen LogP contribution < -0.4 is 5.32 Å². The van der Waals surface area contributed by atoms with Crippen LogP contribution in [0.2, 0.25) is 10.0 Å². The van der Waals surface area contributed by atoms with Crippen LogP contribution in [-0.4, -0.2) is 20.4 Å². The summed E-state index contributed by atoms with van der Waals surface area (Å²) in [6.07, 6.45) is 5.39. The molecule has 1 aromatic carbocycles. The minimum absolute atomic E-state index is 0.0795. The van der Waals surface area contributed by atoms with Gasteiger partial charge in [0.2, 0.25) is 5.91 Å². The summed E-state index contributed by atoms with van der Waals surface area (Å²) in [5.74, 6) is 0.357. The highest BCUT2D eigenvalue weighted by atomic mass is 35.5. The van der Waals surface area contributed by atoms with Crippen LogP contribution in [0, 0.1) is 0 Å². The van der Waals surface area contributed by atoms with E-state index in [1.807, 2.05) is 22.8 Å². The molecular formula is C17H12Cl2N4O. The molecule has 0 fully saturated rings. The van der Waals surface area contributed by atoms with Gasteiger partial charge in [-0.15, -0.1) is 0 Å². The highest BCUT2D eigenvalue weighted by Crippen LogP contribution is 2.40. The van der Waals surface area contributed by atoms with Gasteiger partial charge in [0, 0.05) is 28.6 Å². The lowest BCUT2D eigenvalue weighted by molar-refractivity contribution is -0.116. The first-order chi connectivity index (χ1) is 11.6. The zero-order chi connectivity index (χ0) is 16.7. The van der Waals surface area contributed by atoms with Crippen LogP contribution in [0.25, 0.3) is 5.69 Å². The maximum Gasteiger partial charge on any atom is 0.226 e. The lowest BCUT2D eigenvalue weighted by Gasteiger charge is -2.24. The fourth-order valence-electron chi connectivity index (χ4n) is 2.94. The third kappa shape index (κ3) is 2.56. The number of imidazole rings is 1. The molecule has 2 aromatic heterocycles. The molecule has 0 saturated heterocycles. The van der Waals surface area contributed by atoms with Gasteiger partial charge in [-0.1, -0.05) is 29.3 Å². The average molecular weight is 359 g/mol. The van der Waals surface area contributed by atoms with Crippen LogP contribution in [0.15, 0.2) is 49.1 Å². The van der Waals surface area contributed by atoms with Crippen molar-refractivity contribution >= 4 is 34.9 Å². The number of rotatable bonds is 2. The molecule has 24 heavy (non-hydrogen) atoms. The number of benzene rings is 1. The van der Waals surface area contributed by atoms with Crippen molar-refractivity contribution < 1.29 is 4.79 Å². The largest absolute Gasteiger partial charge is 0.310 e. The summed E-state index contributed by atoms with van der Waals surface area (Å²) in [5.41, 5.74) is 2.45. The molecule has 0 radical (unpaired) electrons. The van der Waals surface area contributed by atoms with Gasteiger partial charge in [0.1, 0.15) is 12.1 Å². The molecule has 1 aliphatic heterocycles. The number of amides is 1. The highest BCUT2D eigenvalue weighted by Gasteiger charge is 2.32. The molecule has 120 valence electrons. The van der Waals surface area contributed by atoms with Gasteiger partial charge in [0.25, 0.3) is 0 Å². The van der Waals surface area contributed by atoms with Crippen LogP contribution in [0.4, 0.5) is 5.82 Å². The highest BCUT2D eigenvalue weighted by molar-refractivity contribution is 6.35. The molecule has 0 aliphatic carbocycles. The number of nitrogens with zero attached hydrogens (tertiary/aromatic N) is 3. The van der Waals surface area contributed by atoms with Gasteiger partial charge in [0.05, 0.1) is 17.6 Å². The predicted octanol–water partition coefficient (Wildman–Crippen LogP) is 4.05. The number of nitrogens with one attached hydrogen (secondary N) is 1. The smallest absolute Gasteiger partial charge is 0.226 e. The van der Waals surface area contributed by atoms with Gasteiger partial charge in [-0.05, 0) is 29.8 Å². The van der Waals surface area contributed by atoms with E-state index in [9.17, 15) is 4.79 Å². The van der Waals surface area contributed by atoms with E-state index in [1.54, 1.807) is 30.9 Å². The van der Waals surface area contributed by atoms with E-state index in [2.05, 4.69) is 15.3 Å². The van der Waals surface area contributed by atoms with E-state index in [1.165, 1.54) is 0 Å². The Morgan fingerprint density at radius 3 is 2.88 bits per heavy atom. The number of fused-ring (bicyclic) bond motifs is 1. The fraction of sp³-hybridized carbons (Fsp3) is 0.118. The molecule has 0 spiro atoms. The Bertz CT molecular complexity index is 924. The second kappa shape index (κ2) is 5.92. The molecule has 5 nitrogen and oxygen atoms in total. The number of halogens is 2. The summed E-state index contributed by atoms with van der Waals surface area (Å²) in [7, 11) is 0. The molecule has 3 heterocycles. The molecule has 1 N–H and O–H groups in total. The van der Waals surface area contributed by atoms with Crippen LogP contribution in [-0.2, 0) is 4.79 Å². The number of pyridine rings is 1. The molecule has 0 unspecified atom stereocenters. The lowest BCUT2D eigenvalue weighted by Crippen LogP contribution is -2.25. The van der Waals surface area contributed by atoms with Crippen LogP contribution in [0.5, 0.6) is 0 Å². The summed E-state index contributed by atoms with van der Waals surface area (Å²) in [6.45, 7) is 0. The van der Waals surface area contributed by atoms with E-state index < -0.39 is 0 Å². The van der Waals surface area contributed by atoms with E-state index in [0.29, 0.717) is 22.3 Å². The van der Waals surface area contributed by atoms with Gasteiger partial charge in [-0.25, -0.2) is 4.98 Å². The molecule has 1 atom stereocenters. The van der Waals surface area contributed by atoms with Gasteiger partial charge in [-0.3, -0.25) is 14.3 Å². The van der Waals surface area contributed by atoms with E-state index >= 15 is 0 Å². The molecular weight excluding hydrogens is 347 g/mol. The maximum absolute atomic E-state index is 12.2. The molecule has 1 amide bonds. The summed E-state index contributed by atoms with van der Waals surface area (Å²) in [4.78, 5) is 20.9. The Hall–Kier alpha value is -2.37. The normalized spacial score (nSPS) is 16.6. The van der Waals surface area contributed by atoms with E-state index in [4.69, 9.17) is 23.2 Å². The van der Waals surface area contributed by atoms with E-state index in [-0.39, 0.29) is 11.8 Å². The lowest BCUT2D eigenvalue weighted by atomic mass is 9.90. The van der Waals surface area contributed by atoms with E-state index in [0.717, 1.165) is 16.9 Å². The van der Waals surface area contributed by atoms with Gasteiger partial charge in [0.15, 0.2) is 0 Å². The second-order valence-electron chi connectivity index (χ2n) is 5.53. The van der Waals surface area contributed by atoms with Crippen LogP contribution >= 0.6 is 23.2 Å². The predicted molar refractivity (Wildman–Crippen MR) is 92.9 cm³/mol. The van der Waals surface area contributed by atoms with Crippen molar-refractivity contribution in [1.82, 2.24) is 14.5 Å². The topological polar surface area (TPSA) is 59.8 Å². The third-order valence-corrected chi connectivity index (χ3v) is 4.60. The Kier molecular flexibility index (Phi) is 3.75. The quantitative estimate of drug-likeness (QED) is 0.751. The summed E-state index contributed by atoms with van der Waals surface area (Å²) >= 11 is 12.3. The Morgan fingerprint density at radius 1 is 1.25 bits per heavy atom. The number of carbonyl (C=O) groups excluding carboxylic acids is 1. The summed E-state index contributed by atoms with van der Waals surface area (Å²) in [5, 5.41) is 3.99. The minimum Gasteiger partial charge on any atom is -0.310 e. The van der Waals surface area contributed by atoms with Crippen molar-refractivity contribution in [1.29, 1.82) is 0 Å². The number of hydrogen-bond donors (Lipinski definition) is 1. The van der Waals surface area contributed by atoms with Crippen molar-refractivity contribution in [2.45, 2.75) is 12.3 Å². The average Bonchev–Trinajstić information content (AvgIpc) is 2.99. The van der Waals surface area contributed by atoms with Crippen molar-refractivity contribution in [3.05, 3.63) is 70.4 Å². The molecule has 0 bridgehead atoms. The minimum atomic E-state index is -0.212. The van der Waals surface area contributed by atoms with Gasteiger partial charge < -0.3 is 5.32 Å². The first-order valence-electron chi connectivity index (χ1n) is 7.36. The summed E-state index contributed by atoms with van der Waals surface area (Å²) < 4.78 is 1.82. The molecule has 7 heteroatoms. The number of carbonyl (C=O) groups is 1. The molecule has 1 aliphatic rings. The number of hydrogen-bond acceptors (Lipinski definition) is 3. The molecule has 3 aromatic rings. The van der Waals surface area contributed by atoms with Crippen molar-refractivity contribution in [2.24, 2.45) is 0 Å². The SMILES string of the molecule is O=C1C[C@H](c2ccc(Cl)cc2Cl)c2ncn(-c3cccnc3)c2N1. The first kappa shape index (κ1) is 15.2. The molecule has 4 rings (SSSR count). The Labute approximate surface area is 148 Å². The third-order valence-electron chi connectivity index (χ3n) is 4.04. The first-order valence-corrected chi connectivity index (χ1v) is 8.11. The number of aromatic nitrogens is 3.